The van der Waals surface area contributed by atoms with E-state index in [9.17, 15) is 8.42 Å². The van der Waals surface area contributed by atoms with Crippen molar-refractivity contribution in [3.05, 3.63) is 42.7 Å². The molecule has 0 radical (unpaired) electrons. The van der Waals surface area contributed by atoms with Crippen LogP contribution in [0.4, 0.5) is 11.6 Å². The van der Waals surface area contributed by atoms with Crippen LogP contribution in [0.3, 0.4) is 0 Å². The predicted molar refractivity (Wildman–Crippen MR) is 135 cm³/mol. The summed E-state index contributed by atoms with van der Waals surface area (Å²) in [7, 11) is -3.76. The van der Waals surface area contributed by atoms with Crippen LogP contribution in [0.2, 0.25) is 0 Å². The highest BCUT2D eigenvalue weighted by Crippen LogP contribution is 2.17. The average Bonchev–Trinajstić information content (AvgIpc) is 2.78. The Bertz CT molecular complexity index is 894. The Labute approximate surface area is 198 Å². The van der Waals surface area contributed by atoms with E-state index in [1.54, 1.807) is 30.3 Å². The van der Waals surface area contributed by atoms with Gasteiger partial charge in [-0.2, -0.15) is 0 Å². The third-order valence-corrected chi connectivity index (χ3v) is 6.76. The Morgan fingerprint density at radius 2 is 1.47 bits per heavy atom. The molecular weight excluding hydrogens is 442 g/mol. The summed E-state index contributed by atoms with van der Waals surface area (Å²) in [5.74, 6) is 0.0395. The van der Waals surface area contributed by atoms with Gasteiger partial charge in [0.2, 0.25) is 5.95 Å². The molecule has 1 aromatic carbocycles. The molecule has 7 nitrogen and oxygen atoms in total. The van der Waals surface area contributed by atoms with E-state index in [2.05, 4.69) is 38.8 Å². The first-order valence-electron chi connectivity index (χ1n) is 11.4. The standard InChI is InChI=1S/C23H35N5O2S2/c1-3-5-7-9-18-28(19-10-8-6-4-2)23(31)26-20-12-14-21(15-13-20)32(29,30)27-22-24-16-11-17-25-22/h11-17H,3-10,18-19H2,1-2H3,(H,26,31)(H,24,25,27). The fourth-order valence-corrected chi connectivity index (χ4v) is 4.48. The first-order chi connectivity index (χ1) is 15.5. The molecule has 0 aliphatic heterocycles. The minimum atomic E-state index is -3.76. The quantitative estimate of drug-likeness (QED) is 0.277. The maximum Gasteiger partial charge on any atom is 0.264 e. The van der Waals surface area contributed by atoms with Crippen molar-refractivity contribution in [3.63, 3.8) is 0 Å². The van der Waals surface area contributed by atoms with E-state index in [4.69, 9.17) is 12.2 Å². The summed E-state index contributed by atoms with van der Waals surface area (Å²) in [5.41, 5.74) is 0.761. The van der Waals surface area contributed by atoms with Crippen molar-refractivity contribution in [1.29, 1.82) is 0 Å². The fraction of sp³-hybridized carbons (Fsp3) is 0.522. The molecular formula is C23H35N5O2S2. The number of nitrogens with zero attached hydrogens (tertiary/aromatic N) is 3. The summed E-state index contributed by atoms with van der Waals surface area (Å²) in [5, 5.41) is 3.95. The van der Waals surface area contributed by atoms with Gasteiger partial charge in [0.15, 0.2) is 5.11 Å². The molecule has 0 aliphatic carbocycles. The maximum atomic E-state index is 12.5. The van der Waals surface area contributed by atoms with Crippen molar-refractivity contribution < 1.29 is 8.42 Å². The van der Waals surface area contributed by atoms with Gasteiger partial charge in [-0.05, 0) is 55.4 Å². The Kier molecular flexibility index (Phi) is 11.4. The van der Waals surface area contributed by atoms with Crippen molar-refractivity contribution in [2.75, 3.05) is 23.1 Å². The van der Waals surface area contributed by atoms with Gasteiger partial charge in [-0.15, -0.1) is 0 Å². The molecule has 0 saturated carbocycles. The molecule has 176 valence electrons. The summed E-state index contributed by atoms with van der Waals surface area (Å²) in [4.78, 5) is 10.2. The molecule has 0 saturated heterocycles. The molecule has 0 fully saturated rings. The van der Waals surface area contributed by atoms with Gasteiger partial charge in [0.1, 0.15) is 0 Å². The Hall–Kier alpha value is -2.26. The highest BCUT2D eigenvalue weighted by molar-refractivity contribution is 7.92. The number of sulfonamides is 1. The molecule has 0 amide bonds. The van der Waals surface area contributed by atoms with Crippen LogP contribution in [0.1, 0.15) is 65.2 Å². The molecule has 0 unspecified atom stereocenters. The van der Waals surface area contributed by atoms with Crippen molar-refractivity contribution in [1.82, 2.24) is 14.9 Å². The fourth-order valence-electron chi connectivity index (χ4n) is 3.22. The zero-order valence-corrected chi connectivity index (χ0v) is 20.7. The second kappa shape index (κ2) is 14.0. The highest BCUT2D eigenvalue weighted by atomic mass is 32.2. The van der Waals surface area contributed by atoms with Crippen LogP contribution in [0.15, 0.2) is 47.6 Å². The molecule has 2 rings (SSSR count). The number of hydrogen-bond donors (Lipinski definition) is 2. The summed E-state index contributed by atoms with van der Waals surface area (Å²) < 4.78 is 27.5. The molecule has 2 aromatic rings. The second-order valence-corrected chi connectivity index (χ2v) is 9.81. The number of rotatable bonds is 14. The van der Waals surface area contributed by atoms with Crippen molar-refractivity contribution in [2.24, 2.45) is 0 Å². The van der Waals surface area contributed by atoms with Gasteiger partial charge < -0.3 is 10.2 Å². The van der Waals surface area contributed by atoms with E-state index >= 15 is 0 Å². The predicted octanol–water partition coefficient (Wildman–Crippen LogP) is 5.44. The number of anilines is 2. The van der Waals surface area contributed by atoms with Gasteiger partial charge >= 0.3 is 0 Å². The summed E-state index contributed by atoms with van der Waals surface area (Å²) in [6.45, 7) is 6.29. The van der Waals surface area contributed by atoms with Gasteiger partial charge in [0, 0.05) is 31.2 Å². The molecule has 32 heavy (non-hydrogen) atoms. The lowest BCUT2D eigenvalue weighted by molar-refractivity contribution is 0.391. The van der Waals surface area contributed by atoms with E-state index in [0.717, 1.165) is 31.6 Å². The number of hydrogen-bond acceptors (Lipinski definition) is 5. The molecule has 1 aromatic heterocycles. The van der Waals surface area contributed by atoms with E-state index in [0.29, 0.717) is 5.11 Å². The molecule has 9 heteroatoms. The molecule has 2 N–H and O–H groups in total. The van der Waals surface area contributed by atoms with Crippen molar-refractivity contribution in [3.8, 4) is 0 Å². The topological polar surface area (TPSA) is 87.2 Å². The number of nitrogens with one attached hydrogen (secondary N) is 2. The summed E-state index contributed by atoms with van der Waals surface area (Å²) in [6, 6.07) is 8.16. The van der Waals surface area contributed by atoms with Gasteiger partial charge in [-0.25, -0.2) is 23.1 Å². The van der Waals surface area contributed by atoms with E-state index in [1.165, 1.54) is 50.9 Å². The lowest BCUT2D eigenvalue weighted by Crippen LogP contribution is -2.36. The van der Waals surface area contributed by atoms with Crippen LogP contribution >= 0.6 is 12.2 Å². The van der Waals surface area contributed by atoms with Crippen LogP contribution in [-0.2, 0) is 10.0 Å². The zero-order valence-electron chi connectivity index (χ0n) is 19.1. The van der Waals surface area contributed by atoms with E-state index in [-0.39, 0.29) is 10.8 Å². The molecule has 0 aliphatic rings. The lowest BCUT2D eigenvalue weighted by Gasteiger charge is -2.26. The van der Waals surface area contributed by atoms with Crippen LogP contribution in [-0.4, -0.2) is 41.5 Å². The average molecular weight is 478 g/mol. The first kappa shape index (κ1) is 26.0. The lowest BCUT2D eigenvalue weighted by atomic mass is 10.2. The van der Waals surface area contributed by atoms with Gasteiger partial charge in [0.25, 0.3) is 10.0 Å². The Morgan fingerprint density at radius 1 is 0.906 bits per heavy atom. The smallest absolute Gasteiger partial charge is 0.264 e. The normalized spacial score (nSPS) is 11.2. The third kappa shape index (κ3) is 9.08. The minimum Gasteiger partial charge on any atom is -0.349 e. The number of unbranched alkanes of at least 4 members (excludes halogenated alkanes) is 6. The molecule has 0 spiro atoms. The van der Waals surface area contributed by atoms with Gasteiger partial charge in [0.05, 0.1) is 4.90 Å². The monoisotopic (exact) mass is 477 g/mol. The molecule has 0 bridgehead atoms. The zero-order chi connectivity index (χ0) is 23.2. The van der Waals surface area contributed by atoms with Gasteiger partial charge in [-0.3, -0.25) is 0 Å². The number of benzene rings is 1. The Morgan fingerprint density at radius 3 is 2.00 bits per heavy atom. The number of thiocarbonyl (C=S) groups is 1. The van der Waals surface area contributed by atoms with Crippen LogP contribution in [0.5, 0.6) is 0 Å². The van der Waals surface area contributed by atoms with E-state index < -0.39 is 10.0 Å². The van der Waals surface area contributed by atoms with Crippen molar-refractivity contribution >= 4 is 39.0 Å². The SMILES string of the molecule is CCCCCCN(CCCCCC)C(=S)Nc1ccc(S(=O)(=O)Nc2ncccn2)cc1. The highest BCUT2D eigenvalue weighted by Gasteiger charge is 2.16. The largest absolute Gasteiger partial charge is 0.349 e. The van der Waals surface area contributed by atoms with Crippen LogP contribution in [0, 0.1) is 0 Å². The minimum absolute atomic E-state index is 0.0395. The number of aromatic nitrogens is 2. The third-order valence-electron chi connectivity index (χ3n) is 5.06. The Balaban J connectivity index is 1.97. The van der Waals surface area contributed by atoms with Crippen molar-refractivity contribution in [2.45, 2.75) is 70.1 Å². The van der Waals surface area contributed by atoms with Crippen LogP contribution in [0.25, 0.3) is 0 Å². The molecule has 0 atom stereocenters. The maximum absolute atomic E-state index is 12.5. The van der Waals surface area contributed by atoms with E-state index in [1.807, 2.05) is 0 Å². The second-order valence-electron chi connectivity index (χ2n) is 7.74. The van der Waals surface area contributed by atoms with Gasteiger partial charge in [-0.1, -0.05) is 52.4 Å². The first-order valence-corrected chi connectivity index (χ1v) is 13.3. The molecule has 1 heterocycles. The van der Waals surface area contributed by atoms with Crippen LogP contribution < -0.4 is 10.0 Å². The summed E-state index contributed by atoms with van der Waals surface area (Å²) in [6.07, 6.45) is 12.5. The summed E-state index contributed by atoms with van der Waals surface area (Å²) >= 11 is 5.67.